The van der Waals surface area contributed by atoms with Gasteiger partial charge in [0.1, 0.15) is 12.4 Å². The van der Waals surface area contributed by atoms with Crippen LogP contribution in [0, 0.1) is 0 Å². The number of hydrogen-bond donors (Lipinski definition) is 5. The predicted octanol–water partition coefficient (Wildman–Crippen LogP) is 0.633. The fourth-order valence-corrected chi connectivity index (χ4v) is 4.47. The summed E-state index contributed by atoms with van der Waals surface area (Å²) < 4.78 is 5.94. The lowest BCUT2D eigenvalue weighted by atomic mass is 10.0. The van der Waals surface area contributed by atoms with Gasteiger partial charge in [-0.05, 0) is 30.2 Å². The third kappa shape index (κ3) is 12.6. The Morgan fingerprint density at radius 2 is 1.16 bits per heavy atom. The van der Waals surface area contributed by atoms with Gasteiger partial charge in [0.25, 0.3) is 0 Å². The first kappa shape index (κ1) is 35.3. The van der Waals surface area contributed by atoms with Crippen LogP contribution in [-0.2, 0) is 24.0 Å². The molecule has 0 unspecified atom stereocenters. The normalized spacial score (nSPS) is 11.8. The highest BCUT2D eigenvalue weighted by Gasteiger charge is 2.28. The summed E-state index contributed by atoms with van der Waals surface area (Å²) in [5.41, 5.74) is 1.80. The maximum atomic E-state index is 12.5. The van der Waals surface area contributed by atoms with Gasteiger partial charge in [-0.2, -0.15) is 0 Å². The molecule has 0 saturated carbocycles. The minimum atomic E-state index is -1.35. The van der Waals surface area contributed by atoms with Gasteiger partial charge in [0.05, 0.1) is 44.3 Å². The quantitative estimate of drug-likeness (QED) is 0.121. The molecule has 0 spiro atoms. The molecule has 15 heteroatoms. The lowest BCUT2D eigenvalue weighted by molar-refractivity contribution is -0.144. The average molecular weight is 618 g/mol. The Kier molecular flexibility index (Phi) is 13.9. The van der Waals surface area contributed by atoms with Crippen molar-refractivity contribution in [1.29, 1.82) is 0 Å². The number of aliphatic carboxylic acids is 5. The van der Waals surface area contributed by atoms with Crippen LogP contribution >= 0.6 is 0 Å². The Morgan fingerprint density at radius 3 is 1.66 bits per heavy atom. The van der Waals surface area contributed by atoms with Gasteiger partial charge in [-0.25, -0.2) is 0 Å². The molecule has 0 amide bonds. The van der Waals surface area contributed by atoms with Gasteiger partial charge in [-0.1, -0.05) is 36.4 Å². The molecule has 15 nitrogen and oxygen atoms in total. The maximum Gasteiger partial charge on any atom is 0.317 e. The number of Topliss-reactive ketones (excluding diaryl/α,β-unsaturated/α-hetero) is 1. The Morgan fingerprint density at radius 1 is 0.659 bits per heavy atom. The molecule has 0 heterocycles. The molecular weight excluding hydrogens is 582 g/mol. The fraction of sp³-hybridized carbons (Fsp3) is 0.379. The maximum absolute atomic E-state index is 12.5. The lowest BCUT2D eigenvalue weighted by Crippen LogP contribution is -2.52. The molecular formula is C29H35N3O12. The van der Waals surface area contributed by atoms with Gasteiger partial charge in [0.15, 0.2) is 5.78 Å². The van der Waals surface area contributed by atoms with Gasteiger partial charge >= 0.3 is 29.8 Å². The summed E-state index contributed by atoms with van der Waals surface area (Å²) in [6.07, 6.45) is 0. The van der Waals surface area contributed by atoms with Gasteiger partial charge in [0.2, 0.25) is 0 Å². The van der Waals surface area contributed by atoms with Crippen LogP contribution in [0.25, 0.3) is 11.1 Å². The molecule has 0 aliphatic heterocycles. The molecule has 2 aromatic carbocycles. The second-order valence-electron chi connectivity index (χ2n) is 9.92. The zero-order valence-electron chi connectivity index (χ0n) is 24.0. The minimum absolute atomic E-state index is 0.145. The number of carbonyl (C=O) groups is 6. The van der Waals surface area contributed by atoms with E-state index < -0.39 is 68.6 Å². The summed E-state index contributed by atoms with van der Waals surface area (Å²) in [5, 5.41) is 46.7. The minimum Gasteiger partial charge on any atom is -0.491 e. The van der Waals surface area contributed by atoms with Crippen molar-refractivity contribution < 1.29 is 59.0 Å². The summed E-state index contributed by atoms with van der Waals surface area (Å²) >= 11 is 0. The molecule has 0 radical (unpaired) electrons. The molecule has 0 bridgehead atoms. The zero-order valence-corrected chi connectivity index (χ0v) is 24.0. The van der Waals surface area contributed by atoms with Crippen LogP contribution in [0.3, 0.4) is 0 Å². The molecule has 0 aliphatic carbocycles. The number of ketones is 1. The first-order valence-electron chi connectivity index (χ1n) is 13.4. The van der Waals surface area contributed by atoms with E-state index in [4.69, 9.17) is 14.9 Å². The van der Waals surface area contributed by atoms with Crippen LogP contribution in [0.5, 0.6) is 5.75 Å². The van der Waals surface area contributed by atoms with Crippen LogP contribution in [0.1, 0.15) is 17.3 Å². The Labute approximate surface area is 252 Å². The van der Waals surface area contributed by atoms with E-state index in [-0.39, 0.29) is 43.3 Å². The molecule has 238 valence electrons. The zero-order chi connectivity index (χ0) is 32.8. The number of benzene rings is 2. The molecule has 1 atom stereocenters. The number of carboxylic acid groups (broad SMARTS) is 5. The summed E-state index contributed by atoms with van der Waals surface area (Å²) in [6.45, 7) is -2.93. The first-order chi connectivity index (χ1) is 20.7. The van der Waals surface area contributed by atoms with E-state index in [1.54, 1.807) is 18.2 Å². The standard InChI is InChI=1S/C29H35N3O12/c1-19(33)23-11-21(20-5-3-2-4-6-20)7-8-24(23)44-18-22(32(16-28(40)41)17-29(42)43)12-30(13-25(34)35)9-10-31(14-26(36)37)15-27(38)39/h2-8,11,22H,9-10,12-18H2,1H3,(H,34,35)(H,36,37)(H,38,39)(H,40,41)(H,42,43)/t22-/m1/s1. The molecule has 2 rings (SSSR count). The van der Waals surface area contributed by atoms with E-state index in [1.807, 2.05) is 30.3 Å². The van der Waals surface area contributed by atoms with Crippen LogP contribution in [0.2, 0.25) is 0 Å². The Bertz CT molecular complexity index is 1300. The number of ether oxygens (including phenoxy) is 1. The number of carbonyl (C=O) groups excluding carboxylic acids is 1. The van der Waals surface area contributed by atoms with E-state index in [2.05, 4.69) is 0 Å². The van der Waals surface area contributed by atoms with E-state index in [1.165, 1.54) is 11.8 Å². The van der Waals surface area contributed by atoms with Crippen molar-refractivity contribution in [2.24, 2.45) is 0 Å². The Balaban J connectivity index is 2.39. The largest absolute Gasteiger partial charge is 0.491 e. The number of carboxylic acids is 5. The number of hydrogen-bond acceptors (Lipinski definition) is 10. The van der Waals surface area contributed by atoms with Crippen molar-refractivity contribution in [2.45, 2.75) is 13.0 Å². The first-order valence-corrected chi connectivity index (χ1v) is 13.4. The van der Waals surface area contributed by atoms with Gasteiger partial charge < -0.3 is 30.3 Å². The molecule has 5 N–H and O–H groups in total. The average Bonchev–Trinajstić information content (AvgIpc) is 2.92. The smallest absolute Gasteiger partial charge is 0.317 e. The van der Waals surface area contributed by atoms with Crippen molar-refractivity contribution in [3.8, 4) is 16.9 Å². The monoisotopic (exact) mass is 617 g/mol. The highest BCUT2D eigenvalue weighted by atomic mass is 16.5. The predicted molar refractivity (Wildman–Crippen MR) is 154 cm³/mol. The lowest BCUT2D eigenvalue weighted by Gasteiger charge is -2.34. The van der Waals surface area contributed by atoms with E-state index in [0.717, 1.165) is 20.9 Å². The highest BCUT2D eigenvalue weighted by molar-refractivity contribution is 5.98. The highest BCUT2D eigenvalue weighted by Crippen LogP contribution is 2.27. The van der Waals surface area contributed by atoms with Crippen molar-refractivity contribution in [1.82, 2.24) is 14.7 Å². The van der Waals surface area contributed by atoms with Gasteiger partial charge in [-0.3, -0.25) is 43.5 Å². The Hall–Kier alpha value is -4.86. The van der Waals surface area contributed by atoms with Crippen LogP contribution in [-0.4, -0.2) is 141 Å². The molecule has 0 aliphatic rings. The molecule has 0 fully saturated rings. The van der Waals surface area contributed by atoms with Crippen LogP contribution < -0.4 is 4.74 Å². The third-order valence-electron chi connectivity index (χ3n) is 6.37. The van der Waals surface area contributed by atoms with Crippen molar-refractivity contribution in [3.05, 3.63) is 54.1 Å². The van der Waals surface area contributed by atoms with Crippen molar-refractivity contribution in [3.63, 3.8) is 0 Å². The molecule has 0 saturated heterocycles. The number of nitrogens with zero attached hydrogens (tertiary/aromatic N) is 3. The van der Waals surface area contributed by atoms with Crippen molar-refractivity contribution >= 4 is 35.6 Å². The van der Waals surface area contributed by atoms with E-state index >= 15 is 0 Å². The van der Waals surface area contributed by atoms with Gasteiger partial charge in [-0.15, -0.1) is 0 Å². The fourth-order valence-electron chi connectivity index (χ4n) is 4.47. The molecule has 0 aromatic heterocycles. The molecule has 2 aromatic rings. The number of rotatable bonds is 21. The van der Waals surface area contributed by atoms with Crippen LogP contribution in [0.4, 0.5) is 0 Å². The summed E-state index contributed by atoms with van der Waals surface area (Å²) in [4.78, 5) is 73.2. The van der Waals surface area contributed by atoms with E-state index in [9.17, 15) is 44.1 Å². The van der Waals surface area contributed by atoms with E-state index in [0.29, 0.717) is 0 Å². The summed E-state index contributed by atoms with van der Waals surface area (Å²) in [5.74, 6) is -6.77. The second kappa shape index (κ2) is 17.3. The summed E-state index contributed by atoms with van der Waals surface area (Å²) in [7, 11) is 0. The molecule has 44 heavy (non-hydrogen) atoms. The van der Waals surface area contributed by atoms with Gasteiger partial charge in [0, 0.05) is 19.6 Å². The SMILES string of the molecule is CC(=O)c1cc(-c2ccccc2)ccc1OC[C@@H](CN(CCN(CC(=O)O)CC(=O)O)CC(=O)O)N(CC(=O)O)CC(=O)O. The second-order valence-corrected chi connectivity index (χ2v) is 9.92. The topological polar surface area (TPSA) is 223 Å². The van der Waals surface area contributed by atoms with Crippen molar-refractivity contribution in [2.75, 3.05) is 59.0 Å². The van der Waals surface area contributed by atoms with Crippen LogP contribution in [0.15, 0.2) is 48.5 Å². The summed E-state index contributed by atoms with van der Waals surface area (Å²) in [6, 6.07) is 13.1. The third-order valence-corrected chi connectivity index (χ3v) is 6.37.